The molecule has 18 heavy (non-hydrogen) atoms. The standard InChI is InChI=1S/C12H22Br2N2O2/c1-7(11(13)9(3)17)15-5-6-16-8(2)12(14)10(4)18/h9-12,17-18H,5-6H2,1-4H3. The van der Waals surface area contributed by atoms with Gasteiger partial charge < -0.3 is 10.2 Å². The van der Waals surface area contributed by atoms with Gasteiger partial charge in [0.25, 0.3) is 0 Å². The Hall–Kier alpha value is 0.220. The van der Waals surface area contributed by atoms with Crippen molar-refractivity contribution in [2.45, 2.75) is 49.6 Å². The minimum atomic E-state index is -0.457. The number of hydrogen-bond acceptors (Lipinski definition) is 4. The molecule has 0 fully saturated rings. The van der Waals surface area contributed by atoms with Gasteiger partial charge in [-0.05, 0) is 27.7 Å². The van der Waals surface area contributed by atoms with Gasteiger partial charge in [-0.15, -0.1) is 0 Å². The normalized spacial score (nSPS) is 20.4. The molecule has 2 N–H and O–H groups in total. The van der Waals surface area contributed by atoms with E-state index in [0.717, 1.165) is 11.4 Å². The topological polar surface area (TPSA) is 65.2 Å². The molecular formula is C12H22Br2N2O2. The van der Waals surface area contributed by atoms with E-state index in [-0.39, 0.29) is 9.65 Å². The van der Waals surface area contributed by atoms with Gasteiger partial charge in [0.05, 0.1) is 35.0 Å². The maximum atomic E-state index is 9.38. The van der Waals surface area contributed by atoms with E-state index in [2.05, 4.69) is 41.8 Å². The van der Waals surface area contributed by atoms with Crippen molar-refractivity contribution in [2.75, 3.05) is 13.1 Å². The third-order valence-corrected chi connectivity index (χ3v) is 5.32. The highest BCUT2D eigenvalue weighted by atomic mass is 79.9. The maximum absolute atomic E-state index is 9.38. The molecular weight excluding hydrogens is 364 g/mol. The maximum Gasteiger partial charge on any atom is 0.0777 e. The van der Waals surface area contributed by atoms with Crippen molar-refractivity contribution >= 4 is 43.3 Å². The van der Waals surface area contributed by atoms with Crippen LogP contribution in [0.5, 0.6) is 0 Å². The first-order valence-corrected chi connectivity index (χ1v) is 7.76. The van der Waals surface area contributed by atoms with Crippen LogP contribution in [0, 0.1) is 0 Å². The molecule has 0 aromatic rings. The lowest BCUT2D eigenvalue weighted by molar-refractivity contribution is 0.208. The van der Waals surface area contributed by atoms with Crippen LogP contribution in [0.3, 0.4) is 0 Å². The second kappa shape index (κ2) is 9.18. The highest BCUT2D eigenvalue weighted by Crippen LogP contribution is 2.09. The van der Waals surface area contributed by atoms with E-state index in [9.17, 15) is 10.2 Å². The molecule has 0 bridgehead atoms. The summed E-state index contributed by atoms with van der Waals surface area (Å²) in [7, 11) is 0. The molecule has 0 aromatic heterocycles. The minimum Gasteiger partial charge on any atom is -0.392 e. The number of aliphatic imine (C=N–C) groups is 2. The van der Waals surface area contributed by atoms with Crippen LogP contribution in [-0.4, -0.2) is 56.6 Å². The summed E-state index contributed by atoms with van der Waals surface area (Å²) >= 11 is 6.75. The van der Waals surface area contributed by atoms with E-state index in [1.54, 1.807) is 13.8 Å². The van der Waals surface area contributed by atoms with Crippen LogP contribution in [0.15, 0.2) is 9.98 Å². The van der Waals surface area contributed by atoms with Gasteiger partial charge in [-0.25, -0.2) is 0 Å². The Bertz CT molecular complexity index is 274. The molecule has 0 heterocycles. The van der Waals surface area contributed by atoms with Crippen molar-refractivity contribution in [1.82, 2.24) is 0 Å². The third-order valence-electron chi connectivity index (χ3n) is 2.47. The highest BCUT2D eigenvalue weighted by Gasteiger charge is 2.14. The molecule has 4 nitrogen and oxygen atoms in total. The number of halogens is 2. The average molecular weight is 386 g/mol. The lowest BCUT2D eigenvalue weighted by Gasteiger charge is -2.13. The fraction of sp³-hybridized carbons (Fsp3) is 0.833. The van der Waals surface area contributed by atoms with Gasteiger partial charge in [0, 0.05) is 11.4 Å². The Kier molecular flexibility index (Phi) is 9.29. The molecule has 0 radical (unpaired) electrons. The molecule has 4 unspecified atom stereocenters. The van der Waals surface area contributed by atoms with Crippen LogP contribution in [0.25, 0.3) is 0 Å². The predicted molar refractivity (Wildman–Crippen MR) is 84.7 cm³/mol. The second-order valence-electron chi connectivity index (χ2n) is 4.33. The first-order chi connectivity index (χ1) is 8.27. The zero-order valence-corrected chi connectivity index (χ0v) is 14.4. The van der Waals surface area contributed by atoms with Crippen molar-refractivity contribution in [3.05, 3.63) is 0 Å². The zero-order chi connectivity index (χ0) is 14.3. The van der Waals surface area contributed by atoms with Crippen LogP contribution in [-0.2, 0) is 0 Å². The first kappa shape index (κ1) is 18.2. The van der Waals surface area contributed by atoms with Gasteiger partial charge in [0.1, 0.15) is 0 Å². The quantitative estimate of drug-likeness (QED) is 0.400. The van der Waals surface area contributed by atoms with Crippen molar-refractivity contribution in [3.63, 3.8) is 0 Å². The average Bonchev–Trinajstić information content (AvgIpc) is 2.31. The van der Waals surface area contributed by atoms with E-state index in [1.165, 1.54) is 0 Å². The van der Waals surface area contributed by atoms with Crippen LogP contribution in [0.4, 0.5) is 0 Å². The van der Waals surface area contributed by atoms with Gasteiger partial charge >= 0.3 is 0 Å². The summed E-state index contributed by atoms with van der Waals surface area (Å²) in [6, 6.07) is 0. The van der Waals surface area contributed by atoms with Crippen LogP contribution in [0.2, 0.25) is 0 Å². The van der Waals surface area contributed by atoms with Gasteiger partial charge in [-0.3, -0.25) is 9.98 Å². The SMILES string of the molecule is CC(=NCCN=C(C)C(Br)C(C)O)C(Br)C(C)O. The fourth-order valence-corrected chi connectivity index (χ4v) is 1.61. The van der Waals surface area contributed by atoms with Gasteiger partial charge in [-0.1, -0.05) is 31.9 Å². The molecule has 0 saturated carbocycles. The molecule has 6 heteroatoms. The Morgan fingerprint density at radius 2 is 1.17 bits per heavy atom. The Labute approximate surface area is 126 Å². The lowest BCUT2D eigenvalue weighted by Crippen LogP contribution is -2.25. The summed E-state index contributed by atoms with van der Waals surface area (Å²) < 4.78 is 0. The molecule has 0 aliphatic carbocycles. The van der Waals surface area contributed by atoms with Gasteiger partial charge in [0.15, 0.2) is 0 Å². The summed E-state index contributed by atoms with van der Waals surface area (Å²) in [5.74, 6) is 0. The highest BCUT2D eigenvalue weighted by molar-refractivity contribution is 9.10. The van der Waals surface area contributed by atoms with E-state index in [4.69, 9.17) is 0 Å². The minimum absolute atomic E-state index is 0.107. The molecule has 0 saturated heterocycles. The molecule has 106 valence electrons. The fourth-order valence-electron chi connectivity index (χ4n) is 1.33. The number of aliphatic hydroxyl groups excluding tert-OH is 2. The zero-order valence-electron chi connectivity index (χ0n) is 11.3. The molecule has 0 aromatic carbocycles. The molecule has 0 rings (SSSR count). The van der Waals surface area contributed by atoms with Crippen LogP contribution >= 0.6 is 31.9 Å². The number of nitrogens with zero attached hydrogens (tertiary/aromatic N) is 2. The molecule has 0 amide bonds. The summed E-state index contributed by atoms with van der Waals surface area (Å²) in [4.78, 5) is 8.48. The largest absolute Gasteiger partial charge is 0.392 e. The Balaban J connectivity index is 4.20. The molecule has 0 aliphatic rings. The van der Waals surface area contributed by atoms with E-state index in [1.807, 2.05) is 13.8 Å². The molecule has 0 spiro atoms. The Morgan fingerprint density at radius 3 is 1.39 bits per heavy atom. The van der Waals surface area contributed by atoms with Crippen molar-refractivity contribution in [3.8, 4) is 0 Å². The lowest BCUT2D eigenvalue weighted by atomic mass is 10.2. The van der Waals surface area contributed by atoms with Gasteiger partial charge in [0.2, 0.25) is 0 Å². The van der Waals surface area contributed by atoms with E-state index in [0.29, 0.717) is 13.1 Å². The predicted octanol–water partition coefficient (Wildman–Crippen LogP) is 2.20. The second-order valence-corrected chi connectivity index (χ2v) is 6.30. The smallest absolute Gasteiger partial charge is 0.0777 e. The first-order valence-electron chi connectivity index (χ1n) is 5.93. The summed E-state index contributed by atoms with van der Waals surface area (Å²) in [5, 5.41) is 18.8. The van der Waals surface area contributed by atoms with Crippen molar-refractivity contribution in [2.24, 2.45) is 9.98 Å². The Morgan fingerprint density at radius 1 is 0.889 bits per heavy atom. The molecule has 4 atom stereocenters. The monoisotopic (exact) mass is 384 g/mol. The number of alkyl halides is 2. The molecule has 0 aliphatic heterocycles. The van der Waals surface area contributed by atoms with Crippen LogP contribution in [0.1, 0.15) is 27.7 Å². The van der Waals surface area contributed by atoms with Crippen molar-refractivity contribution < 1.29 is 10.2 Å². The van der Waals surface area contributed by atoms with E-state index < -0.39 is 12.2 Å². The summed E-state index contributed by atoms with van der Waals surface area (Å²) in [6.45, 7) is 8.37. The van der Waals surface area contributed by atoms with Crippen LogP contribution < -0.4 is 0 Å². The summed E-state index contributed by atoms with van der Waals surface area (Å²) in [6.07, 6.45) is -0.915. The number of rotatable bonds is 7. The number of aliphatic hydroxyl groups is 2. The number of hydrogen-bond donors (Lipinski definition) is 2. The third kappa shape index (κ3) is 6.97. The van der Waals surface area contributed by atoms with E-state index >= 15 is 0 Å². The van der Waals surface area contributed by atoms with Gasteiger partial charge in [-0.2, -0.15) is 0 Å². The summed E-state index contributed by atoms with van der Waals surface area (Å²) in [5.41, 5.74) is 1.73. The van der Waals surface area contributed by atoms with Crippen molar-refractivity contribution in [1.29, 1.82) is 0 Å².